The minimum absolute atomic E-state index is 0.117. The van der Waals surface area contributed by atoms with Crippen molar-refractivity contribution in [2.45, 2.75) is 37.6 Å². The lowest BCUT2D eigenvalue weighted by molar-refractivity contribution is -0.384. The summed E-state index contributed by atoms with van der Waals surface area (Å²) >= 11 is 0. The van der Waals surface area contributed by atoms with E-state index in [9.17, 15) is 19.7 Å². The average molecular weight is 377 g/mol. The lowest BCUT2D eigenvalue weighted by Crippen LogP contribution is -2.46. The van der Waals surface area contributed by atoms with Crippen LogP contribution in [-0.4, -0.2) is 34.3 Å². The minimum atomic E-state index is -0.552. The van der Waals surface area contributed by atoms with Crippen molar-refractivity contribution >= 4 is 23.2 Å². The lowest BCUT2D eigenvalue weighted by atomic mass is 9.82. The van der Waals surface area contributed by atoms with E-state index in [2.05, 4.69) is 17.0 Å². The Morgan fingerprint density at radius 1 is 1.00 bits per heavy atom. The van der Waals surface area contributed by atoms with Crippen molar-refractivity contribution in [2.75, 3.05) is 11.6 Å². The first-order chi connectivity index (χ1) is 13.6. The van der Waals surface area contributed by atoms with Crippen molar-refractivity contribution in [2.24, 2.45) is 0 Å². The van der Waals surface area contributed by atoms with Gasteiger partial charge >= 0.3 is 0 Å². The number of hydrogen-bond donors (Lipinski definition) is 0. The van der Waals surface area contributed by atoms with Gasteiger partial charge in [-0.15, -0.1) is 0 Å². The number of hydrogen-bond acceptors (Lipinski definition) is 5. The lowest BCUT2D eigenvalue weighted by Gasteiger charge is -2.35. The van der Waals surface area contributed by atoms with Gasteiger partial charge in [0, 0.05) is 29.8 Å². The fourth-order valence-electron chi connectivity index (χ4n) is 4.94. The predicted molar refractivity (Wildman–Crippen MR) is 102 cm³/mol. The average Bonchev–Trinajstić information content (AvgIpc) is 3.16. The standard InChI is InChI=1S/C21H19N3O4/c25-20-16-10-9-13(24(27)28)11-17(16)21(26)23(20)12-22-18-7-3-1-5-14(18)15-6-2-4-8-19(15)22/h1,3,5,7,9-11,15,19H,2,4,6,8,12H2. The molecule has 0 spiro atoms. The van der Waals surface area contributed by atoms with Gasteiger partial charge in [-0.05, 0) is 30.5 Å². The largest absolute Gasteiger partial charge is 0.349 e. The highest BCUT2D eigenvalue weighted by molar-refractivity contribution is 6.21. The maximum atomic E-state index is 12.9. The molecule has 1 saturated carbocycles. The number of imide groups is 1. The van der Waals surface area contributed by atoms with Crippen LogP contribution in [0.4, 0.5) is 11.4 Å². The summed E-state index contributed by atoms with van der Waals surface area (Å²) in [6.45, 7) is 0.179. The Morgan fingerprint density at radius 3 is 2.57 bits per heavy atom. The van der Waals surface area contributed by atoms with E-state index in [1.165, 1.54) is 35.1 Å². The fraction of sp³-hybridized carbons (Fsp3) is 0.333. The number of carbonyl (C=O) groups excluding carboxylic acids is 2. The number of rotatable bonds is 3. The Kier molecular flexibility index (Phi) is 3.72. The second kappa shape index (κ2) is 6.15. The molecule has 7 heteroatoms. The normalized spacial score (nSPS) is 22.9. The molecule has 0 aromatic heterocycles. The Bertz CT molecular complexity index is 1020. The van der Waals surface area contributed by atoms with Crippen molar-refractivity contribution in [1.29, 1.82) is 0 Å². The number of anilines is 1. The number of non-ortho nitro benzene ring substituents is 1. The summed E-state index contributed by atoms with van der Waals surface area (Å²) in [5.74, 6) is -0.409. The maximum Gasteiger partial charge on any atom is 0.270 e. The third kappa shape index (κ3) is 2.35. The number of fused-ring (bicyclic) bond motifs is 4. The van der Waals surface area contributed by atoms with Gasteiger partial charge in [0.1, 0.15) is 6.67 Å². The van der Waals surface area contributed by atoms with Crippen LogP contribution in [0, 0.1) is 10.1 Å². The number of nitro groups is 1. The second-order valence-electron chi connectivity index (χ2n) is 7.65. The zero-order valence-electron chi connectivity index (χ0n) is 15.2. The Balaban J connectivity index is 1.48. The molecule has 0 radical (unpaired) electrons. The van der Waals surface area contributed by atoms with Gasteiger partial charge in [-0.25, -0.2) is 0 Å². The zero-order chi connectivity index (χ0) is 19.4. The van der Waals surface area contributed by atoms with E-state index in [0.717, 1.165) is 24.9 Å². The van der Waals surface area contributed by atoms with Crippen LogP contribution in [0.25, 0.3) is 0 Å². The van der Waals surface area contributed by atoms with Crippen LogP contribution < -0.4 is 4.90 Å². The summed E-state index contributed by atoms with van der Waals surface area (Å²) in [6.07, 6.45) is 4.49. The van der Waals surface area contributed by atoms with Crippen LogP contribution in [0.3, 0.4) is 0 Å². The number of benzene rings is 2. The van der Waals surface area contributed by atoms with Gasteiger partial charge in [0.05, 0.1) is 16.1 Å². The van der Waals surface area contributed by atoms with Crippen LogP contribution >= 0.6 is 0 Å². The van der Waals surface area contributed by atoms with Crippen LogP contribution in [-0.2, 0) is 0 Å². The smallest absolute Gasteiger partial charge is 0.270 e. The van der Waals surface area contributed by atoms with Gasteiger partial charge in [-0.2, -0.15) is 0 Å². The van der Waals surface area contributed by atoms with Gasteiger partial charge in [0.15, 0.2) is 0 Å². The van der Waals surface area contributed by atoms with Crippen molar-refractivity contribution in [1.82, 2.24) is 4.90 Å². The second-order valence-corrected chi connectivity index (χ2v) is 7.65. The molecule has 2 amide bonds. The topological polar surface area (TPSA) is 83.8 Å². The Labute approximate surface area is 161 Å². The summed E-state index contributed by atoms with van der Waals surface area (Å²) < 4.78 is 0. The van der Waals surface area contributed by atoms with Crippen LogP contribution in [0.15, 0.2) is 42.5 Å². The Hall–Kier alpha value is -3.22. The van der Waals surface area contributed by atoms with E-state index in [0.29, 0.717) is 5.92 Å². The highest BCUT2D eigenvalue weighted by Gasteiger charge is 2.44. The summed E-state index contributed by atoms with van der Waals surface area (Å²) in [6, 6.07) is 12.4. The van der Waals surface area contributed by atoms with Crippen molar-refractivity contribution in [3.8, 4) is 0 Å². The van der Waals surface area contributed by atoms with Gasteiger partial charge < -0.3 is 4.90 Å². The first kappa shape index (κ1) is 16.9. The molecule has 7 nitrogen and oxygen atoms in total. The summed E-state index contributed by atoms with van der Waals surface area (Å²) in [7, 11) is 0. The molecule has 0 N–H and O–H groups in total. The molecule has 2 unspecified atom stereocenters. The number of carbonyl (C=O) groups is 2. The molecule has 3 aliphatic rings. The SMILES string of the molecule is O=C1c2ccc([N+](=O)[O-])cc2C(=O)N1CN1c2ccccc2C2CCCCC21. The number of para-hydroxylation sites is 1. The summed E-state index contributed by atoms with van der Waals surface area (Å²) in [4.78, 5) is 39.6. The summed E-state index contributed by atoms with van der Waals surface area (Å²) in [5, 5.41) is 11.0. The van der Waals surface area contributed by atoms with E-state index in [4.69, 9.17) is 0 Å². The van der Waals surface area contributed by atoms with Crippen molar-refractivity contribution in [3.05, 3.63) is 69.3 Å². The highest BCUT2D eigenvalue weighted by Crippen LogP contribution is 2.47. The van der Waals surface area contributed by atoms with Gasteiger partial charge in [0.2, 0.25) is 0 Å². The molecular weight excluding hydrogens is 358 g/mol. The zero-order valence-corrected chi connectivity index (χ0v) is 15.2. The van der Waals surface area contributed by atoms with E-state index >= 15 is 0 Å². The van der Waals surface area contributed by atoms with Crippen LogP contribution in [0.1, 0.15) is 57.9 Å². The quantitative estimate of drug-likeness (QED) is 0.463. The monoisotopic (exact) mass is 377 g/mol. The van der Waals surface area contributed by atoms with E-state index in [1.807, 2.05) is 12.1 Å². The number of nitrogens with zero attached hydrogens (tertiary/aromatic N) is 3. The van der Waals surface area contributed by atoms with Crippen LogP contribution in [0.2, 0.25) is 0 Å². The van der Waals surface area contributed by atoms with Crippen molar-refractivity contribution in [3.63, 3.8) is 0 Å². The first-order valence-corrected chi connectivity index (χ1v) is 9.56. The molecule has 2 atom stereocenters. The molecule has 5 rings (SSSR count). The first-order valence-electron chi connectivity index (χ1n) is 9.56. The summed E-state index contributed by atoms with van der Waals surface area (Å²) in [5.41, 5.74) is 2.55. The van der Waals surface area contributed by atoms with Gasteiger partial charge in [0.25, 0.3) is 17.5 Å². The molecule has 2 aromatic rings. The van der Waals surface area contributed by atoms with Crippen molar-refractivity contribution < 1.29 is 14.5 Å². The minimum Gasteiger partial charge on any atom is -0.349 e. The van der Waals surface area contributed by atoms with E-state index in [-0.39, 0.29) is 35.4 Å². The third-order valence-electron chi connectivity index (χ3n) is 6.23. The molecule has 2 heterocycles. The van der Waals surface area contributed by atoms with E-state index < -0.39 is 10.8 Å². The fourth-order valence-corrected chi connectivity index (χ4v) is 4.94. The molecule has 142 valence electrons. The number of amides is 2. The van der Waals surface area contributed by atoms with Gasteiger partial charge in [-0.1, -0.05) is 31.0 Å². The molecule has 28 heavy (non-hydrogen) atoms. The van der Waals surface area contributed by atoms with Crippen LogP contribution in [0.5, 0.6) is 0 Å². The highest BCUT2D eigenvalue weighted by atomic mass is 16.6. The molecule has 2 aliphatic heterocycles. The molecule has 1 aliphatic carbocycles. The van der Waals surface area contributed by atoms with Gasteiger partial charge in [-0.3, -0.25) is 24.6 Å². The molecule has 1 fully saturated rings. The number of nitro benzene ring substituents is 1. The molecule has 2 aromatic carbocycles. The molecule has 0 bridgehead atoms. The molecular formula is C21H19N3O4. The van der Waals surface area contributed by atoms with E-state index in [1.54, 1.807) is 0 Å². The maximum absolute atomic E-state index is 12.9. The Morgan fingerprint density at radius 2 is 1.75 bits per heavy atom. The predicted octanol–water partition coefficient (Wildman–Crippen LogP) is 3.69. The third-order valence-corrected chi connectivity index (χ3v) is 6.23. The molecule has 0 saturated heterocycles.